The maximum Gasteiger partial charge on any atom is 0.352 e. The minimum atomic E-state index is -0.898. The molecule has 0 amide bonds. The second kappa shape index (κ2) is 7.39. The summed E-state index contributed by atoms with van der Waals surface area (Å²) in [6.07, 6.45) is -0.214. The highest BCUT2D eigenvalue weighted by Gasteiger charge is 2.18. The second-order valence-electron chi connectivity index (χ2n) is 5.74. The van der Waals surface area contributed by atoms with E-state index < -0.39 is 23.5 Å². The van der Waals surface area contributed by atoms with Crippen LogP contribution in [-0.2, 0) is 11.2 Å². The van der Waals surface area contributed by atoms with Gasteiger partial charge in [-0.05, 0) is 55.3 Å². The van der Waals surface area contributed by atoms with E-state index in [1.165, 1.54) is 43.3 Å². The molecular formula is C20H17FO5. The molecule has 0 saturated heterocycles. The Kier molecular flexibility index (Phi) is 5.02. The maximum absolute atomic E-state index is 12.9. The third-order valence-electron chi connectivity index (χ3n) is 3.86. The van der Waals surface area contributed by atoms with E-state index in [1.54, 1.807) is 12.1 Å². The molecule has 2 aromatic carbocycles. The molecule has 0 bridgehead atoms. The zero-order valence-electron chi connectivity index (χ0n) is 14.3. The molecule has 0 spiro atoms. The van der Waals surface area contributed by atoms with Crippen molar-refractivity contribution >= 4 is 16.9 Å². The number of benzene rings is 2. The molecule has 1 aromatic heterocycles. The number of carbonyl (C=O) groups excluding carboxylic acids is 1. The summed E-state index contributed by atoms with van der Waals surface area (Å²) < 4.78 is 28.8. The van der Waals surface area contributed by atoms with E-state index in [1.807, 2.05) is 6.92 Å². The Morgan fingerprint density at radius 2 is 1.81 bits per heavy atom. The van der Waals surface area contributed by atoms with E-state index in [0.717, 1.165) is 10.9 Å². The minimum absolute atomic E-state index is 0.244. The highest BCUT2D eigenvalue weighted by Crippen LogP contribution is 2.23. The summed E-state index contributed by atoms with van der Waals surface area (Å²) in [6.45, 7) is 3.47. The van der Waals surface area contributed by atoms with Gasteiger partial charge in [-0.15, -0.1) is 0 Å². The van der Waals surface area contributed by atoms with Gasteiger partial charge in [0, 0.05) is 17.5 Å². The van der Waals surface area contributed by atoms with Crippen LogP contribution in [0.3, 0.4) is 0 Å². The molecule has 5 nitrogen and oxygen atoms in total. The van der Waals surface area contributed by atoms with Gasteiger partial charge in [-0.1, -0.05) is 6.92 Å². The fourth-order valence-electron chi connectivity index (χ4n) is 2.53. The van der Waals surface area contributed by atoms with Crippen LogP contribution < -0.4 is 15.1 Å². The van der Waals surface area contributed by atoms with E-state index in [4.69, 9.17) is 13.9 Å². The lowest BCUT2D eigenvalue weighted by atomic mass is 10.1. The second-order valence-corrected chi connectivity index (χ2v) is 5.74. The van der Waals surface area contributed by atoms with E-state index in [-0.39, 0.29) is 5.75 Å². The van der Waals surface area contributed by atoms with Crippen molar-refractivity contribution in [2.45, 2.75) is 26.4 Å². The first-order chi connectivity index (χ1) is 12.5. The van der Waals surface area contributed by atoms with E-state index in [0.29, 0.717) is 17.8 Å². The third-order valence-corrected chi connectivity index (χ3v) is 3.86. The number of carbonyl (C=O) groups is 1. The van der Waals surface area contributed by atoms with Gasteiger partial charge in [-0.2, -0.15) is 0 Å². The molecule has 0 aliphatic carbocycles. The van der Waals surface area contributed by atoms with Crippen LogP contribution in [0.15, 0.2) is 57.7 Å². The topological polar surface area (TPSA) is 65.7 Å². The fourth-order valence-corrected chi connectivity index (χ4v) is 2.53. The van der Waals surface area contributed by atoms with E-state index >= 15 is 0 Å². The van der Waals surface area contributed by atoms with Gasteiger partial charge in [0.25, 0.3) is 0 Å². The molecule has 0 fully saturated rings. The smallest absolute Gasteiger partial charge is 0.352 e. The van der Waals surface area contributed by atoms with Crippen molar-refractivity contribution in [3.8, 4) is 11.5 Å². The van der Waals surface area contributed by atoms with Crippen molar-refractivity contribution in [1.29, 1.82) is 0 Å². The average Bonchev–Trinajstić information content (AvgIpc) is 2.62. The molecule has 0 radical (unpaired) electrons. The Morgan fingerprint density at radius 1 is 1.12 bits per heavy atom. The van der Waals surface area contributed by atoms with Gasteiger partial charge in [0.05, 0.1) is 0 Å². The SMILES string of the molecule is CCc1cc(=O)oc2cc(OC(=O)C(C)Oc3ccc(F)cc3)ccc12. The summed E-state index contributed by atoms with van der Waals surface area (Å²) >= 11 is 0. The molecule has 1 heterocycles. The highest BCUT2D eigenvalue weighted by molar-refractivity contribution is 5.83. The largest absolute Gasteiger partial charge is 0.479 e. The van der Waals surface area contributed by atoms with Crippen LogP contribution in [0.4, 0.5) is 4.39 Å². The van der Waals surface area contributed by atoms with E-state index in [2.05, 4.69) is 0 Å². The number of rotatable bonds is 5. The standard InChI is InChI=1S/C20H17FO5/c1-3-13-10-19(22)26-18-11-16(8-9-17(13)18)25-20(23)12(2)24-15-6-4-14(21)5-7-15/h4-12H,3H2,1-2H3. The number of ether oxygens (including phenoxy) is 2. The molecule has 0 N–H and O–H groups in total. The maximum atomic E-state index is 12.9. The van der Waals surface area contributed by atoms with Crippen molar-refractivity contribution in [1.82, 2.24) is 0 Å². The molecule has 6 heteroatoms. The molecule has 3 rings (SSSR count). The summed E-state index contributed by atoms with van der Waals surface area (Å²) in [7, 11) is 0. The van der Waals surface area contributed by atoms with Crippen LogP contribution in [0.5, 0.6) is 11.5 Å². The van der Waals surface area contributed by atoms with Gasteiger partial charge in [-0.25, -0.2) is 14.0 Å². The molecule has 134 valence electrons. The fraction of sp³-hybridized carbons (Fsp3) is 0.200. The Bertz CT molecular complexity index is 991. The molecule has 26 heavy (non-hydrogen) atoms. The predicted octanol–water partition coefficient (Wildman–Crippen LogP) is 3.87. The summed E-state index contributed by atoms with van der Waals surface area (Å²) in [4.78, 5) is 23.8. The number of fused-ring (bicyclic) bond motifs is 1. The number of aryl methyl sites for hydroxylation is 1. The highest BCUT2D eigenvalue weighted by atomic mass is 19.1. The lowest BCUT2D eigenvalue weighted by Gasteiger charge is -2.14. The molecule has 1 unspecified atom stereocenters. The van der Waals surface area contributed by atoms with Crippen molar-refractivity contribution < 1.29 is 23.1 Å². The third kappa shape index (κ3) is 3.91. The molecular weight excluding hydrogens is 339 g/mol. The molecule has 0 saturated carbocycles. The van der Waals surface area contributed by atoms with Gasteiger partial charge in [0.1, 0.15) is 22.9 Å². The van der Waals surface area contributed by atoms with Crippen LogP contribution in [0.1, 0.15) is 19.4 Å². The first-order valence-electron chi connectivity index (χ1n) is 8.17. The summed E-state index contributed by atoms with van der Waals surface area (Å²) in [5, 5.41) is 0.794. The lowest BCUT2D eigenvalue weighted by molar-refractivity contribution is -0.141. The van der Waals surface area contributed by atoms with Crippen LogP contribution in [0, 0.1) is 5.82 Å². The summed E-state index contributed by atoms with van der Waals surface area (Å²) in [5.41, 5.74) is 0.764. The summed E-state index contributed by atoms with van der Waals surface area (Å²) in [5.74, 6) is -0.416. The quantitative estimate of drug-likeness (QED) is 0.394. The van der Waals surface area contributed by atoms with Gasteiger partial charge >= 0.3 is 11.6 Å². The Balaban J connectivity index is 1.76. The number of halogens is 1. The first-order valence-corrected chi connectivity index (χ1v) is 8.17. The number of hydrogen-bond acceptors (Lipinski definition) is 5. The molecule has 3 aromatic rings. The number of hydrogen-bond donors (Lipinski definition) is 0. The van der Waals surface area contributed by atoms with Gasteiger partial charge in [-0.3, -0.25) is 0 Å². The molecule has 0 aliphatic rings. The van der Waals surface area contributed by atoms with Crippen molar-refractivity contribution in [2.24, 2.45) is 0 Å². The zero-order chi connectivity index (χ0) is 18.7. The van der Waals surface area contributed by atoms with Crippen LogP contribution in [0.25, 0.3) is 11.0 Å². The van der Waals surface area contributed by atoms with Crippen molar-refractivity contribution in [3.63, 3.8) is 0 Å². The van der Waals surface area contributed by atoms with Gasteiger partial charge in [0.2, 0.25) is 0 Å². The minimum Gasteiger partial charge on any atom is -0.479 e. The zero-order valence-corrected chi connectivity index (χ0v) is 14.3. The van der Waals surface area contributed by atoms with Gasteiger partial charge < -0.3 is 13.9 Å². The monoisotopic (exact) mass is 356 g/mol. The molecule has 1 atom stereocenters. The number of esters is 1. The predicted molar refractivity (Wildman–Crippen MR) is 94.0 cm³/mol. The van der Waals surface area contributed by atoms with Crippen LogP contribution in [-0.4, -0.2) is 12.1 Å². The Hall–Kier alpha value is -3.15. The average molecular weight is 356 g/mol. The summed E-state index contributed by atoms with van der Waals surface area (Å²) in [6, 6.07) is 11.7. The van der Waals surface area contributed by atoms with Crippen molar-refractivity contribution in [3.05, 3.63) is 70.3 Å². The van der Waals surface area contributed by atoms with Crippen molar-refractivity contribution in [2.75, 3.05) is 0 Å². The normalized spacial score (nSPS) is 12.0. The lowest BCUT2D eigenvalue weighted by Crippen LogP contribution is -2.28. The first kappa shape index (κ1) is 17.7. The Morgan fingerprint density at radius 3 is 2.50 bits per heavy atom. The van der Waals surface area contributed by atoms with E-state index in [9.17, 15) is 14.0 Å². The van der Waals surface area contributed by atoms with Crippen LogP contribution in [0.2, 0.25) is 0 Å². The molecule has 0 aliphatic heterocycles. The van der Waals surface area contributed by atoms with Gasteiger partial charge in [0.15, 0.2) is 6.10 Å². The van der Waals surface area contributed by atoms with Crippen LogP contribution >= 0.6 is 0 Å². The Labute approximate surface area is 149 Å².